The number of hydrogen-bond acceptors (Lipinski definition) is 2. The van der Waals surface area contributed by atoms with Crippen LogP contribution in [0.3, 0.4) is 0 Å². The standard InChI is InChI=1S/C13H16N2O/c1-8-5-9(2)11-7-10(3-4-14)15-13(16)12(11)6-8/h5-7H,3-4,14H2,1-2H3,(H,15,16). The monoisotopic (exact) mass is 216 g/mol. The molecule has 0 radical (unpaired) electrons. The van der Waals surface area contributed by atoms with Gasteiger partial charge >= 0.3 is 0 Å². The lowest BCUT2D eigenvalue weighted by Crippen LogP contribution is -2.13. The van der Waals surface area contributed by atoms with Gasteiger partial charge in [-0.25, -0.2) is 0 Å². The number of aromatic nitrogens is 1. The van der Waals surface area contributed by atoms with Crippen molar-refractivity contribution in [3.8, 4) is 0 Å². The third kappa shape index (κ3) is 1.86. The topological polar surface area (TPSA) is 58.9 Å². The quantitative estimate of drug-likeness (QED) is 0.801. The maximum atomic E-state index is 11.9. The summed E-state index contributed by atoms with van der Waals surface area (Å²) in [5.41, 5.74) is 8.63. The summed E-state index contributed by atoms with van der Waals surface area (Å²) in [6, 6.07) is 6.04. The van der Waals surface area contributed by atoms with Crippen LogP contribution in [0.15, 0.2) is 23.0 Å². The van der Waals surface area contributed by atoms with Crippen LogP contribution in [0, 0.1) is 13.8 Å². The number of pyridine rings is 1. The smallest absolute Gasteiger partial charge is 0.256 e. The third-order valence-electron chi connectivity index (χ3n) is 2.78. The summed E-state index contributed by atoms with van der Waals surface area (Å²) < 4.78 is 0. The highest BCUT2D eigenvalue weighted by Gasteiger charge is 2.04. The highest BCUT2D eigenvalue weighted by Crippen LogP contribution is 2.18. The SMILES string of the molecule is Cc1cc(C)c2cc(CCN)[nH]c(=O)c2c1. The Morgan fingerprint density at radius 3 is 2.62 bits per heavy atom. The number of benzene rings is 1. The van der Waals surface area contributed by atoms with E-state index in [1.807, 2.05) is 26.0 Å². The highest BCUT2D eigenvalue weighted by molar-refractivity contribution is 5.85. The fourth-order valence-corrected chi connectivity index (χ4v) is 2.07. The van der Waals surface area contributed by atoms with Gasteiger partial charge in [0.05, 0.1) is 0 Å². The molecule has 0 aliphatic carbocycles. The second kappa shape index (κ2) is 4.10. The lowest BCUT2D eigenvalue weighted by atomic mass is 10.0. The van der Waals surface area contributed by atoms with Crippen molar-refractivity contribution in [3.63, 3.8) is 0 Å². The van der Waals surface area contributed by atoms with E-state index in [1.54, 1.807) is 0 Å². The number of fused-ring (bicyclic) bond motifs is 1. The minimum atomic E-state index is -0.0206. The van der Waals surface area contributed by atoms with E-state index in [4.69, 9.17) is 5.73 Å². The van der Waals surface area contributed by atoms with Gasteiger partial charge in [-0.05, 0) is 49.9 Å². The van der Waals surface area contributed by atoms with Gasteiger partial charge in [-0.2, -0.15) is 0 Å². The lowest BCUT2D eigenvalue weighted by molar-refractivity contribution is 0.919. The second-order valence-corrected chi connectivity index (χ2v) is 4.21. The Morgan fingerprint density at radius 1 is 1.19 bits per heavy atom. The van der Waals surface area contributed by atoms with Crippen molar-refractivity contribution in [2.45, 2.75) is 20.3 Å². The van der Waals surface area contributed by atoms with Crippen LogP contribution >= 0.6 is 0 Å². The molecule has 16 heavy (non-hydrogen) atoms. The zero-order valence-electron chi connectivity index (χ0n) is 9.63. The summed E-state index contributed by atoms with van der Waals surface area (Å²) in [4.78, 5) is 14.8. The Kier molecular flexibility index (Phi) is 2.79. The van der Waals surface area contributed by atoms with Gasteiger partial charge in [0.25, 0.3) is 5.56 Å². The lowest BCUT2D eigenvalue weighted by Gasteiger charge is -2.06. The van der Waals surface area contributed by atoms with Crippen LogP contribution in [0.5, 0.6) is 0 Å². The third-order valence-corrected chi connectivity index (χ3v) is 2.78. The minimum Gasteiger partial charge on any atom is -0.330 e. The molecule has 0 atom stereocenters. The van der Waals surface area contributed by atoms with Crippen LogP contribution in [-0.2, 0) is 6.42 Å². The highest BCUT2D eigenvalue weighted by atomic mass is 16.1. The van der Waals surface area contributed by atoms with Crippen LogP contribution in [0.2, 0.25) is 0 Å². The second-order valence-electron chi connectivity index (χ2n) is 4.21. The summed E-state index contributed by atoms with van der Waals surface area (Å²) in [6.45, 7) is 4.58. The van der Waals surface area contributed by atoms with Crippen molar-refractivity contribution < 1.29 is 0 Å². The molecule has 84 valence electrons. The maximum Gasteiger partial charge on any atom is 0.256 e. The van der Waals surface area contributed by atoms with E-state index in [9.17, 15) is 4.79 Å². The zero-order chi connectivity index (χ0) is 11.7. The summed E-state index contributed by atoms with van der Waals surface area (Å²) in [5, 5.41) is 1.79. The summed E-state index contributed by atoms with van der Waals surface area (Å²) in [6.07, 6.45) is 0.707. The van der Waals surface area contributed by atoms with Crippen LogP contribution in [0.1, 0.15) is 16.8 Å². The largest absolute Gasteiger partial charge is 0.330 e. The van der Waals surface area contributed by atoms with Gasteiger partial charge in [0.1, 0.15) is 0 Å². The number of aromatic amines is 1. The van der Waals surface area contributed by atoms with Gasteiger partial charge in [-0.1, -0.05) is 11.6 Å². The zero-order valence-corrected chi connectivity index (χ0v) is 9.63. The predicted octanol–water partition coefficient (Wildman–Crippen LogP) is 1.65. The molecular weight excluding hydrogens is 200 g/mol. The van der Waals surface area contributed by atoms with Crippen LogP contribution in [0.25, 0.3) is 10.8 Å². The molecule has 1 aromatic carbocycles. The van der Waals surface area contributed by atoms with Gasteiger partial charge in [0.2, 0.25) is 0 Å². The first-order valence-electron chi connectivity index (χ1n) is 5.45. The summed E-state index contributed by atoms with van der Waals surface area (Å²) in [5.74, 6) is 0. The number of rotatable bonds is 2. The molecule has 0 amide bonds. The molecule has 0 spiro atoms. The van der Waals surface area contributed by atoms with Gasteiger partial charge in [-0.3, -0.25) is 4.79 Å². The molecule has 1 aromatic heterocycles. The molecule has 3 N–H and O–H groups in total. The minimum absolute atomic E-state index is 0.0206. The fraction of sp³-hybridized carbons (Fsp3) is 0.308. The molecule has 0 fully saturated rings. The molecule has 0 saturated heterocycles. The van der Waals surface area contributed by atoms with Crippen molar-refractivity contribution in [1.82, 2.24) is 4.98 Å². The van der Waals surface area contributed by atoms with Crippen molar-refractivity contribution in [2.75, 3.05) is 6.54 Å². The molecule has 2 rings (SSSR count). The van der Waals surface area contributed by atoms with Crippen LogP contribution in [0.4, 0.5) is 0 Å². The van der Waals surface area contributed by atoms with Gasteiger partial charge in [-0.15, -0.1) is 0 Å². The van der Waals surface area contributed by atoms with Crippen molar-refractivity contribution in [3.05, 3.63) is 45.4 Å². The summed E-state index contributed by atoms with van der Waals surface area (Å²) in [7, 11) is 0. The van der Waals surface area contributed by atoms with E-state index in [0.717, 1.165) is 27.6 Å². The number of nitrogens with two attached hydrogens (primary N) is 1. The molecular formula is C13H16N2O. The Labute approximate surface area is 94.3 Å². The maximum absolute atomic E-state index is 11.9. The molecule has 0 aliphatic heterocycles. The average molecular weight is 216 g/mol. The molecule has 2 aromatic rings. The Balaban J connectivity index is 2.77. The Hall–Kier alpha value is -1.61. The first-order chi connectivity index (χ1) is 7.61. The molecule has 0 saturated carbocycles. The molecule has 3 nitrogen and oxygen atoms in total. The first-order valence-corrected chi connectivity index (χ1v) is 5.45. The van der Waals surface area contributed by atoms with E-state index in [1.165, 1.54) is 0 Å². The van der Waals surface area contributed by atoms with Crippen LogP contribution < -0.4 is 11.3 Å². The fourth-order valence-electron chi connectivity index (χ4n) is 2.07. The van der Waals surface area contributed by atoms with E-state index in [2.05, 4.69) is 11.1 Å². The molecule has 0 unspecified atom stereocenters. The van der Waals surface area contributed by atoms with Crippen LogP contribution in [-0.4, -0.2) is 11.5 Å². The van der Waals surface area contributed by atoms with Crippen molar-refractivity contribution in [2.24, 2.45) is 5.73 Å². The van der Waals surface area contributed by atoms with Gasteiger partial charge < -0.3 is 10.7 Å². The first kappa shape index (κ1) is 10.9. The molecule has 0 bridgehead atoms. The van der Waals surface area contributed by atoms with E-state index in [-0.39, 0.29) is 5.56 Å². The van der Waals surface area contributed by atoms with Gasteiger partial charge in [0, 0.05) is 11.1 Å². The Morgan fingerprint density at radius 2 is 1.94 bits per heavy atom. The van der Waals surface area contributed by atoms with Crippen molar-refractivity contribution >= 4 is 10.8 Å². The summed E-state index contributed by atoms with van der Waals surface area (Å²) >= 11 is 0. The Bertz CT molecular complexity index is 584. The van der Waals surface area contributed by atoms with Crippen molar-refractivity contribution in [1.29, 1.82) is 0 Å². The number of nitrogens with one attached hydrogen (secondary N) is 1. The molecule has 0 aliphatic rings. The number of aryl methyl sites for hydroxylation is 2. The molecule has 3 heteroatoms. The molecule has 1 heterocycles. The normalized spacial score (nSPS) is 10.9. The predicted molar refractivity (Wildman–Crippen MR) is 66.8 cm³/mol. The van der Waals surface area contributed by atoms with E-state index >= 15 is 0 Å². The van der Waals surface area contributed by atoms with E-state index in [0.29, 0.717) is 13.0 Å². The van der Waals surface area contributed by atoms with E-state index < -0.39 is 0 Å². The van der Waals surface area contributed by atoms with Gasteiger partial charge in [0.15, 0.2) is 0 Å². The number of H-pyrrole nitrogens is 1. The number of hydrogen-bond donors (Lipinski definition) is 2. The average Bonchev–Trinajstić information content (AvgIpc) is 2.20.